The molecule has 5 rings (SSSR count). The Morgan fingerprint density at radius 1 is 0.562 bits per heavy atom. The lowest BCUT2D eigenvalue weighted by Crippen LogP contribution is -2.48. The molecule has 2 aliphatic heterocycles. The Morgan fingerprint density at radius 2 is 0.875 bits per heavy atom. The fourth-order valence-corrected chi connectivity index (χ4v) is 8.66. The lowest BCUT2D eigenvalue weighted by molar-refractivity contribution is 0.411. The van der Waals surface area contributed by atoms with E-state index in [4.69, 9.17) is 0 Å². The average molecular weight is 507 g/mol. The third-order valence-electron chi connectivity index (χ3n) is 4.50. The Hall–Kier alpha value is -2.94. The number of aromatic amines is 4. The minimum Gasteiger partial charge on any atom is -0.505 e. The molecule has 32 heavy (non-hydrogen) atoms. The van der Waals surface area contributed by atoms with Crippen LogP contribution < -0.4 is 43.6 Å². The van der Waals surface area contributed by atoms with Gasteiger partial charge >= 0.3 is 11.4 Å². The molecule has 14 heteroatoms. The van der Waals surface area contributed by atoms with Crippen LogP contribution in [0.5, 0.6) is 11.5 Å². The Kier molecular flexibility index (Phi) is 4.77. The van der Waals surface area contributed by atoms with Crippen LogP contribution in [0.15, 0.2) is 38.8 Å². The van der Waals surface area contributed by atoms with Gasteiger partial charge in [0.2, 0.25) is 0 Å². The van der Waals surface area contributed by atoms with Gasteiger partial charge in [0.05, 0.1) is 38.5 Å². The minimum absolute atomic E-state index is 0.118. The molecule has 2 aliphatic rings. The maximum atomic E-state index is 12.3. The van der Waals surface area contributed by atoms with Crippen molar-refractivity contribution in [2.45, 2.75) is 19.6 Å². The first-order valence-corrected chi connectivity index (χ1v) is 11.9. The van der Waals surface area contributed by atoms with Crippen molar-refractivity contribution in [3.63, 3.8) is 0 Å². The Balaban J connectivity index is 1.71. The van der Waals surface area contributed by atoms with Gasteiger partial charge in [0, 0.05) is 10.7 Å². The number of phenolic OH excluding ortho intramolecular Hbond substituents is 2. The van der Waals surface area contributed by atoms with Crippen LogP contribution in [0.3, 0.4) is 0 Å². The summed E-state index contributed by atoms with van der Waals surface area (Å²) in [7, 11) is 0. The smallest absolute Gasteiger partial charge is 0.326 e. The SMILES string of the molecule is C=c1[nH]c(=O)[nH]c(=O)c1=C1Sc2c(O)c3c(c(O)c2S1)SC(=c1c(=C)[nH]c(=O)[nH]c1=O)S3. The highest BCUT2D eigenvalue weighted by atomic mass is 32.2. The van der Waals surface area contributed by atoms with E-state index in [0.29, 0.717) is 28.1 Å². The number of benzene rings is 1. The molecule has 0 saturated carbocycles. The summed E-state index contributed by atoms with van der Waals surface area (Å²) in [6, 6.07) is 0. The van der Waals surface area contributed by atoms with E-state index >= 15 is 0 Å². The molecule has 0 atom stereocenters. The zero-order chi connectivity index (χ0) is 22.9. The van der Waals surface area contributed by atoms with Gasteiger partial charge in [-0.3, -0.25) is 19.6 Å². The fraction of sp³-hybridized carbons (Fsp3) is 0. The van der Waals surface area contributed by atoms with Gasteiger partial charge in [-0.15, -0.1) is 0 Å². The van der Waals surface area contributed by atoms with Crippen LogP contribution in [-0.2, 0) is 0 Å². The van der Waals surface area contributed by atoms with Crippen molar-refractivity contribution >= 4 is 68.7 Å². The van der Waals surface area contributed by atoms with E-state index in [2.05, 4.69) is 33.1 Å². The lowest BCUT2D eigenvalue weighted by atomic mass is 10.3. The Bertz CT molecular complexity index is 1590. The summed E-state index contributed by atoms with van der Waals surface area (Å²) in [5, 5.41) is 22.4. The van der Waals surface area contributed by atoms with Gasteiger partial charge in [0.25, 0.3) is 11.1 Å². The average Bonchev–Trinajstić information content (AvgIpc) is 3.30. The maximum absolute atomic E-state index is 12.3. The topological polar surface area (TPSA) is 172 Å². The van der Waals surface area contributed by atoms with E-state index in [1.54, 1.807) is 0 Å². The number of H-pyrrole nitrogens is 4. The van der Waals surface area contributed by atoms with E-state index in [9.17, 15) is 29.4 Å². The molecule has 3 aromatic rings. The second-order valence-corrected chi connectivity index (χ2v) is 11.1. The predicted octanol–water partition coefficient (Wildman–Crippen LogP) is -1.40. The first kappa shape index (κ1) is 20.9. The summed E-state index contributed by atoms with van der Waals surface area (Å²) in [5.41, 5.74) is -2.63. The molecule has 2 aromatic heterocycles. The zero-order valence-corrected chi connectivity index (χ0v) is 18.8. The number of nitrogens with one attached hydrogen (secondary N) is 4. The standard InChI is InChI=1S/C18H10N4O6S4/c1-3-5(13(25)21-17(27)19-3)15-29-9-7(23)11-12(8(24)10(9)30-15)32-16(31-11)6-4(2)20-18(28)22-14(6)26/h23-24H,1-2H2,(H2,19,21,25,27)(H2,20,22,26,28). The summed E-state index contributed by atoms with van der Waals surface area (Å²) in [6.45, 7) is 7.40. The number of rotatable bonds is 0. The molecular formula is C18H10N4O6S4. The first-order chi connectivity index (χ1) is 15.2. The number of thioether (sulfide) groups is 4. The van der Waals surface area contributed by atoms with E-state index < -0.39 is 22.5 Å². The first-order valence-electron chi connectivity index (χ1n) is 8.60. The van der Waals surface area contributed by atoms with E-state index in [1.165, 1.54) is 0 Å². The number of aromatic nitrogens is 4. The third-order valence-corrected chi connectivity index (χ3v) is 9.72. The van der Waals surface area contributed by atoms with E-state index in [0.717, 1.165) is 47.0 Å². The number of phenols is 2. The number of hydrogen-bond acceptors (Lipinski definition) is 10. The lowest BCUT2D eigenvalue weighted by Gasteiger charge is -2.08. The summed E-state index contributed by atoms with van der Waals surface area (Å²) in [4.78, 5) is 58.0. The van der Waals surface area contributed by atoms with Crippen molar-refractivity contribution in [1.29, 1.82) is 0 Å². The van der Waals surface area contributed by atoms with Gasteiger partial charge in [-0.2, -0.15) is 0 Å². The molecule has 162 valence electrons. The van der Waals surface area contributed by atoms with Gasteiger partial charge < -0.3 is 20.2 Å². The van der Waals surface area contributed by atoms with Crippen molar-refractivity contribution in [1.82, 2.24) is 19.9 Å². The Morgan fingerprint density at radius 3 is 1.16 bits per heavy atom. The van der Waals surface area contributed by atoms with Crippen LogP contribution in [-0.4, -0.2) is 30.1 Å². The Labute approximate surface area is 192 Å². The number of fused-ring (bicyclic) bond motifs is 2. The number of hydrogen-bond donors (Lipinski definition) is 6. The van der Waals surface area contributed by atoms with E-state index in [1.807, 2.05) is 0 Å². The molecule has 10 nitrogen and oxygen atoms in total. The normalized spacial score (nSPS) is 14.6. The van der Waals surface area contributed by atoms with Crippen molar-refractivity contribution in [2.75, 3.05) is 0 Å². The molecule has 1 aromatic carbocycles. The second-order valence-electron chi connectivity index (χ2n) is 6.52. The predicted molar refractivity (Wildman–Crippen MR) is 125 cm³/mol. The van der Waals surface area contributed by atoms with Crippen molar-refractivity contribution in [2.24, 2.45) is 0 Å². The second kappa shape index (κ2) is 7.30. The van der Waals surface area contributed by atoms with Crippen LogP contribution in [0.4, 0.5) is 0 Å². The summed E-state index contributed by atoms with van der Waals surface area (Å²) < 4.78 is 0.876. The van der Waals surface area contributed by atoms with Gasteiger partial charge in [0.15, 0.2) is 0 Å². The van der Waals surface area contributed by atoms with Crippen LogP contribution >= 0.6 is 47.0 Å². The fourth-order valence-electron chi connectivity index (χ4n) is 3.13. The molecule has 0 amide bonds. The highest BCUT2D eigenvalue weighted by Gasteiger charge is 2.35. The van der Waals surface area contributed by atoms with Crippen LogP contribution in [0.2, 0.25) is 0 Å². The molecule has 0 radical (unpaired) electrons. The minimum atomic E-state index is -0.683. The van der Waals surface area contributed by atoms with Crippen LogP contribution in [0, 0.1) is 0 Å². The highest BCUT2D eigenvalue weighted by Crippen LogP contribution is 2.67. The summed E-state index contributed by atoms with van der Waals surface area (Å²) in [5.74, 6) is -0.239. The van der Waals surface area contributed by atoms with Crippen molar-refractivity contribution in [3.8, 4) is 11.5 Å². The molecule has 0 fully saturated rings. The molecule has 0 saturated heterocycles. The summed E-state index contributed by atoms with van der Waals surface area (Å²) >= 11 is 4.25. The molecule has 0 unspecified atom stereocenters. The van der Waals surface area contributed by atoms with E-state index in [-0.39, 0.29) is 32.6 Å². The van der Waals surface area contributed by atoms with Crippen molar-refractivity contribution < 1.29 is 10.2 Å². The molecule has 0 bridgehead atoms. The maximum Gasteiger partial charge on any atom is 0.326 e. The summed E-state index contributed by atoms with van der Waals surface area (Å²) in [6.07, 6.45) is 0. The largest absolute Gasteiger partial charge is 0.505 e. The van der Waals surface area contributed by atoms with Crippen molar-refractivity contribution in [3.05, 3.63) is 62.8 Å². The monoisotopic (exact) mass is 506 g/mol. The molecule has 0 spiro atoms. The molecule has 4 heterocycles. The highest BCUT2D eigenvalue weighted by molar-refractivity contribution is 8.33. The quantitative estimate of drug-likeness (QED) is 0.199. The van der Waals surface area contributed by atoms with Gasteiger partial charge in [0.1, 0.15) is 11.5 Å². The van der Waals surface area contributed by atoms with Crippen LogP contribution in [0.1, 0.15) is 0 Å². The van der Waals surface area contributed by atoms with Gasteiger partial charge in [-0.25, -0.2) is 9.59 Å². The molecule has 6 N–H and O–H groups in total. The van der Waals surface area contributed by atoms with Gasteiger partial charge in [-0.05, 0) is 0 Å². The van der Waals surface area contributed by atoms with Crippen LogP contribution in [0.25, 0.3) is 21.6 Å². The molecule has 0 aliphatic carbocycles. The zero-order valence-electron chi connectivity index (χ0n) is 15.6. The molecular weight excluding hydrogens is 496 g/mol. The van der Waals surface area contributed by atoms with Gasteiger partial charge in [-0.1, -0.05) is 60.2 Å². The third kappa shape index (κ3) is 3.09. The number of aromatic hydroxyl groups is 2.